The van der Waals surface area contributed by atoms with Gasteiger partial charge in [0.2, 0.25) is 0 Å². The van der Waals surface area contributed by atoms with Crippen LogP contribution in [0.4, 0.5) is 5.69 Å². The van der Waals surface area contributed by atoms with Crippen molar-refractivity contribution in [2.45, 2.75) is 6.42 Å². The molecule has 0 aromatic heterocycles. The number of hydroxylamine groups is 1. The van der Waals surface area contributed by atoms with E-state index in [-0.39, 0.29) is 5.84 Å². The minimum Gasteiger partial charge on any atom is -0.384 e. The molecule has 0 saturated heterocycles. The largest absolute Gasteiger partial charge is 0.384 e. The molecular weight excluding hydrogens is 166 g/mol. The van der Waals surface area contributed by atoms with Crippen molar-refractivity contribution in [1.82, 2.24) is 0 Å². The summed E-state index contributed by atoms with van der Waals surface area (Å²) in [7, 11) is 0. The summed E-state index contributed by atoms with van der Waals surface area (Å²) in [5.41, 5.74) is 7.94. The molecule has 1 aromatic carbocycles. The van der Waals surface area contributed by atoms with Crippen molar-refractivity contribution >= 4 is 11.5 Å². The van der Waals surface area contributed by atoms with Crippen molar-refractivity contribution in [2.24, 2.45) is 5.73 Å². The van der Waals surface area contributed by atoms with Gasteiger partial charge in [-0.25, -0.2) is 0 Å². The van der Waals surface area contributed by atoms with Crippen LogP contribution in [0.2, 0.25) is 0 Å². The van der Waals surface area contributed by atoms with Crippen LogP contribution in [0.15, 0.2) is 18.2 Å². The number of nitrogens with two attached hydrogens (primary N) is 1. The number of amidine groups is 1. The number of anilines is 1. The molecule has 4 nitrogen and oxygen atoms in total. The molecule has 0 unspecified atom stereocenters. The van der Waals surface area contributed by atoms with Gasteiger partial charge in [0, 0.05) is 12.1 Å². The third-order valence-corrected chi connectivity index (χ3v) is 2.26. The Morgan fingerprint density at radius 3 is 3.00 bits per heavy atom. The molecule has 4 heteroatoms. The smallest absolute Gasteiger partial charge is 0.122 e. The molecule has 2 rings (SSSR count). The molecule has 1 aliphatic rings. The molecule has 4 N–H and O–H groups in total. The maximum Gasteiger partial charge on any atom is 0.122 e. The maximum atomic E-state index is 9.36. The third-order valence-electron chi connectivity index (χ3n) is 2.26. The zero-order valence-electron chi connectivity index (χ0n) is 7.12. The molecule has 0 spiro atoms. The Morgan fingerprint density at radius 2 is 2.31 bits per heavy atom. The minimum absolute atomic E-state index is 0.0687. The molecule has 0 atom stereocenters. The van der Waals surface area contributed by atoms with Gasteiger partial charge < -0.3 is 5.73 Å². The molecule has 0 fully saturated rings. The molecule has 13 heavy (non-hydrogen) atoms. The topological polar surface area (TPSA) is 73.3 Å². The summed E-state index contributed by atoms with van der Waals surface area (Å²) >= 11 is 0. The van der Waals surface area contributed by atoms with E-state index in [1.807, 2.05) is 6.07 Å². The Hall–Kier alpha value is -1.55. The summed E-state index contributed by atoms with van der Waals surface area (Å²) < 4.78 is 0. The monoisotopic (exact) mass is 177 g/mol. The van der Waals surface area contributed by atoms with Gasteiger partial charge in [-0.2, -0.15) is 0 Å². The fraction of sp³-hybridized carbons (Fsp3) is 0.222. The number of hydrogen-bond donors (Lipinski definition) is 3. The van der Waals surface area contributed by atoms with Gasteiger partial charge in [-0.1, -0.05) is 0 Å². The first kappa shape index (κ1) is 8.07. The summed E-state index contributed by atoms with van der Waals surface area (Å²) in [4.78, 5) is 0. The number of nitrogens with zero attached hydrogens (tertiary/aromatic N) is 1. The van der Waals surface area contributed by atoms with Crippen LogP contribution in [0.3, 0.4) is 0 Å². The van der Waals surface area contributed by atoms with Gasteiger partial charge in [-0.05, 0) is 30.2 Å². The molecule has 0 saturated carbocycles. The van der Waals surface area contributed by atoms with Crippen molar-refractivity contribution in [3.8, 4) is 0 Å². The average molecular weight is 177 g/mol. The van der Waals surface area contributed by atoms with Crippen LogP contribution in [0, 0.1) is 5.41 Å². The molecule has 1 heterocycles. The predicted molar refractivity (Wildman–Crippen MR) is 50.3 cm³/mol. The highest BCUT2D eigenvalue weighted by atomic mass is 16.5. The quantitative estimate of drug-likeness (QED) is 0.437. The lowest BCUT2D eigenvalue weighted by Crippen LogP contribution is -2.14. The third kappa shape index (κ3) is 1.25. The normalized spacial score (nSPS) is 14.4. The SMILES string of the molecule is N=C(N)c1ccc2c(c1)CCN2O. The van der Waals surface area contributed by atoms with Crippen LogP contribution in [0.1, 0.15) is 11.1 Å². The zero-order chi connectivity index (χ0) is 9.42. The van der Waals surface area contributed by atoms with Gasteiger partial charge in [-0.3, -0.25) is 15.7 Å². The van der Waals surface area contributed by atoms with Gasteiger partial charge >= 0.3 is 0 Å². The lowest BCUT2D eigenvalue weighted by atomic mass is 10.1. The van der Waals surface area contributed by atoms with E-state index in [2.05, 4.69) is 0 Å². The number of nitrogen functional groups attached to an aromatic ring is 1. The number of nitrogens with one attached hydrogen (secondary N) is 1. The highest BCUT2D eigenvalue weighted by molar-refractivity contribution is 5.95. The van der Waals surface area contributed by atoms with E-state index in [9.17, 15) is 5.21 Å². The van der Waals surface area contributed by atoms with Crippen molar-refractivity contribution < 1.29 is 5.21 Å². The van der Waals surface area contributed by atoms with Gasteiger partial charge in [-0.15, -0.1) is 0 Å². The molecule has 0 amide bonds. The lowest BCUT2D eigenvalue weighted by Gasteiger charge is -2.09. The van der Waals surface area contributed by atoms with Gasteiger partial charge in [0.1, 0.15) is 5.84 Å². The molecule has 1 aliphatic heterocycles. The first-order valence-electron chi connectivity index (χ1n) is 4.12. The van der Waals surface area contributed by atoms with Crippen LogP contribution in [0.5, 0.6) is 0 Å². The van der Waals surface area contributed by atoms with Crippen molar-refractivity contribution in [3.63, 3.8) is 0 Å². The Morgan fingerprint density at radius 1 is 1.54 bits per heavy atom. The standard InChI is InChI=1S/C9H11N3O/c10-9(11)7-1-2-8-6(5-7)3-4-12(8)13/h1-2,5,13H,3-4H2,(H3,10,11). The first-order chi connectivity index (χ1) is 6.18. The van der Waals surface area contributed by atoms with E-state index in [1.165, 1.54) is 5.06 Å². The minimum atomic E-state index is 0.0687. The second-order valence-electron chi connectivity index (χ2n) is 3.13. The molecule has 0 aliphatic carbocycles. The van der Waals surface area contributed by atoms with Crippen LogP contribution >= 0.6 is 0 Å². The Balaban J connectivity index is 2.45. The second-order valence-corrected chi connectivity index (χ2v) is 3.13. The van der Waals surface area contributed by atoms with E-state index in [0.717, 1.165) is 17.7 Å². The molecule has 1 aromatic rings. The summed E-state index contributed by atoms with van der Waals surface area (Å²) in [5, 5.41) is 17.8. The van der Waals surface area contributed by atoms with E-state index in [1.54, 1.807) is 12.1 Å². The Labute approximate surface area is 76.1 Å². The Bertz CT molecular complexity index is 362. The number of hydrogen-bond acceptors (Lipinski definition) is 3. The second kappa shape index (κ2) is 2.74. The van der Waals surface area contributed by atoms with Crippen molar-refractivity contribution in [2.75, 3.05) is 11.6 Å². The van der Waals surface area contributed by atoms with Crippen molar-refractivity contribution in [3.05, 3.63) is 29.3 Å². The molecular formula is C9H11N3O. The molecule has 0 bridgehead atoms. The van der Waals surface area contributed by atoms with Crippen LogP contribution in [0.25, 0.3) is 0 Å². The summed E-state index contributed by atoms with van der Waals surface area (Å²) in [6.45, 7) is 0.622. The summed E-state index contributed by atoms with van der Waals surface area (Å²) in [6.07, 6.45) is 0.812. The number of rotatable bonds is 1. The maximum absolute atomic E-state index is 9.36. The van der Waals surface area contributed by atoms with E-state index >= 15 is 0 Å². The average Bonchev–Trinajstić information content (AvgIpc) is 2.47. The summed E-state index contributed by atoms with van der Waals surface area (Å²) in [6, 6.07) is 5.39. The highest BCUT2D eigenvalue weighted by Crippen LogP contribution is 2.26. The van der Waals surface area contributed by atoms with Crippen molar-refractivity contribution in [1.29, 1.82) is 5.41 Å². The van der Waals surface area contributed by atoms with Gasteiger partial charge in [0.05, 0.1) is 5.69 Å². The first-order valence-corrected chi connectivity index (χ1v) is 4.12. The van der Waals surface area contributed by atoms with Gasteiger partial charge in [0.15, 0.2) is 0 Å². The fourth-order valence-electron chi connectivity index (χ4n) is 1.55. The number of fused-ring (bicyclic) bond motifs is 1. The fourth-order valence-corrected chi connectivity index (χ4v) is 1.55. The van der Waals surface area contributed by atoms with Gasteiger partial charge in [0.25, 0.3) is 0 Å². The predicted octanol–water partition coefficient (Wildman–Crippen LogP) is 0.722. The highest BCUT2D eigenvalue weighted by Gasteiger charge is 2.17. The molecule has 68 valence electrons. The Kier molecular flexibility index (Phi) is 1.70. The van der Waals surface area contributed by atoms with E-state index in [4.69, 9.17) is 11.1 Å². The van der Waals surface area contributed by atoms with Crippen LogP contribution in [-0.2, 0) is 6.42 Å². The van der Waals surface area contributed by atoms with Crippen LogP contribution < -0.4 is 10.8 Å². The molecule has 0 radical (unpaired) electrons. The summed E-state index contributed by atoms with van der Waals surface area (Å²) in [5.74, 6) is 0.0687. The van der Waals surface area contributed by atoms with E-state index in [0.29, 0.717) is 12.1 Å². The lowest BCUT2D eigenvalue weighted by molar-refractivity contribution is 0.264. The van der Waals surface area contributed by atoms with E-state index < -0.39 is 0 Å². The number of benzene rings is 1. The van der Waals surface area contributed by atoms with Crippen LogP contribution in [-0.4, -0.2) is 17.6 Å². The zero-order valence-corrected chi connectivity index (χ0v) is 7.12.